The molecule has 0 saturated heterocycles. The third-order valence-corrected chi connectivity index (χ3v) is 5.23. The minimum atomic E-state index is -0.365. The van der Waals surface area contributed by atoms with Gasteiger partial charge in [-0.2, -0.15) is 5.26 Å². The number of rotatable bonds is 2. The molecule has 0 unspecified atom stereocenters. The molecule has 1 aliphatic rings. The smallest absolute Gasteiger partial charge is 0.244 e. The van der Waals surface area contributed by atoms with Gasteiger partial charge in [-0.05, 0) is 31.5 Å². The number of ether oxygens (including phenoxy) is 1. The van der Waals surface area contributed by atoms with Crippen molar-refractivity contribution in [2.45, 2.75) is 19.8 Å². The summed E-state index contributed by atoms with van der Waals surface area (Å²) in [5.41, 5.74) is 9.95. The summed E-state index contributed by atoms with van der Waals surface area (Å²) in [5.74, 6) is 0.125. The third kappa shape index (κ3) is 2.39. The number of aryl methyl sites for hydroxylation is 2. The van der Waals surface area contributed by atoms with Crippen molar-refractivity contribution in [1.29, 1.82) is 5.26 Å². The predicted octanol–water partition coefficient (Wildman–Crippen LogP) is 3.37. The molecule has 0 fully saturated rings. The highest BCUT2D eigenvalue weighted by atomic mass is 32.1. The Hall–Kier alpha value is -3.11. The van der Waals surface area contributed by atoms with Gasteiger partial charge >= 0.3 is 0 Å². The van der Waals surface area contributed by atoms with E-state index >= 15 is 0 Å². The molecule has 6 nitrogen and oxygen atoms in total. The van der Waals surface area contributed by atoms with Gasteiger partial charge in [0.15, 0.2) is 0 Å². The number of aromatic nitrogens is 3. The van der Waals surface area contributed by atoms with Crippen molar-refractivity contribution < 1.29 is 4.74 Å². The first kappa shape index (κ1) is 15.4. The zero-order chi connectivity index (χ0) is 17.6. The van der Waals surface area contributed by atoms with Crippen LogP contribution in [0.3, 0.4) is 0 Å². The van der Waals surface area contributed by atoms with Crippen LogP contribution in [0.2, 0.25) is 0 Å². The molecule has 0 radical (unpaired) electrons. The average Bonchev–Trinajstić information content (AvgIpc) is 3.16. The number of pyridine rings is 1. The minimum Gasteiger partial charge on any atom is -0.420 e. The molecule has 4 heterocycles. The quantitative estimate of drug-likeness (QED) is 0.739. The number of fused-ring (bicyclic) bond motifs is 1. The lowest BCUT2D eigenvalue weighted by Crippen LogP contribution is -2.21. The summed E-state index contributed by atoms with van der Waals surface area (Å²) in [4.78, 5) is 6.58. The Morgan fingerprint density at radius 1 is 1.40 bits per heavy atom. The van der Waals surface area contributed by atoms with Gasteiger partial charge in [-0.1, -0.05) is 6.07 Å². The van der Waals surface area contributed by atoms with Crippen LogP contribution in [0.15, 0.2) is 42.0 Å². The molecule has 0 spiro atoms. The maximum Gasteiger partial charge on any atom is 0.244 e. The Kier molecular flexibility index (Phi) is 3.55. The van der Waals surface area contributed by atoms with Gasteiger partial charge in [0, 0.05) is 27.7 Å². The molecule has 3 aromatic heterocycles. The number of hydrogen-bond donors (Lipinski definition) is 2. The first-order chi connectivity index (χ1) is 12.1. The van der Waals surface area contributed by atoms with Gasteiger partial charge in [-0.15, -0.1) is 16.4 Å². The summed E-state index contributed by atoms with van der Waals surface area (Å²) in [5, 5.41) is 17.0. The summed E-state index contributed by atoms with van der Waals surface area (Å²) >= 11 is 1.72. The molecule has 124 valence electrons. The van der Waals surface area contributed by atoms with Crippen molar-refractivity contribution in [1.82, 2.24) is 15.2 Å². The largest absolute Gasteiger partial charge is 0.420 e. The van der Waals surface area contributed by atoms with E-state index < -0.39 is 0 Å². The molecule has 1 aliphatic heterocycles. The highest BCUT2D eigenvalue weighted by molar-refractivity contribution is 7.12. The third-order valence-electron chi connectivity index (χ3n) is 4.27. The van der Waals surface area contributed by atoms with Crippen molar-refractivity contribution in [2.24, 2.45) is 5.73 Å². The number of allylic oxidation sites excluding steroid dienone is 1. The Balaban J connectivity index is 1.98. The van der Waals surface area contributed by atoms with Crippen LogP contribution >= 0.6 is 11.3 Å². The fourth-order valence-electron chi connectivity index (χ4n) is 3.21. The number of hydrogen-bond acceptors (Lipinski definition) is 6. The second-order valence-electron chi connectivity index (χ2n) is 5.86. The Labute approximate surface area is 148 Å². The maximum absolute atomic E-state index is 9.66. The van der Waals surface area contributed by atoms with E-state index in [9.17, 15) is 5.26 Å². The lowest BCUT2D eigenvalue weighted by Gasteiger charge is -2.23. The summed E-state index contributed by atoms with van der Waals surface area (Å²) in [7, 11) is 0. The maximum atomic E-state index is 9.66. The fraction of sp³-hybridized carbons (Fsp3) is 0.167. The Morgan fingerprint density at radius 3 is 2.88 bits per heavy atom. The van der Waals surface area contributed by atoms with Crippen LogP contribution in [0, 0.1) is 25.2 Å². The first-order valence-corrected chi connectivity index (χ1v) is 8.55. The molecule has 1 atom stereocenters. The van der Waals surface area contributed by atoms with Gasteiger partial charge < -0.3 is 10.5 Å². The van der Waals surface area contributed by atoms with E-state index in [1.54, 1.807) is 23.7 Å². The Morgan fingerprint density at radius 2 is 2.24 bits per heavy atom. The van der Waals surface area contributed by atoms with E-state index in [4.69, 9.17) is 10.5 Å². The molecule has 0 amide bonds. The van der Waals surface area contributed by atoms with Crippen molar-refractivity contribution in [3.8, 4) is 23.2 Å². The number of H-pyrrole nitrogens is 1. The molecule has 0 saturated carbocycles. The number of nitrogens with two attached hydrogens (primary N) is 1. The topological polar surface area (TPSA) is 101 Å². The molecule has 25 heavy (non-hydrogen) atoms. The van der Waals surface area contributed by atoms with Gasteiger partial charge in [0.25, 0.3) is 0 Å². The molecule has 0 bridgehead atoms. The van der Waals surface area contributed by atoms with Crippen LogP contribution < -0.4 is 10.5 Å². The number of aromatic amines is 1. The second-order valence-corrected chi connectivity index (χ2v) is 7.32. The second kappa shape index (κ2) is 5.76. The summed E-state index contributed by atoms with van der Waals surface area (Å²) in [6.45, 7) is 4.14. The van der Waals surface area contributed by atoms with Gasteiger partial charge in [-0.25, -0.2) is 0 Å². The van der Waals surface area contributed by atoms with E-state index in [1.807, 2.05) is 12.1 Å². The molecule has 4 rings (SSSR count). The van der Waals surface area contributed by atoms with E-state index in [0.29, 0.717) is 11.5 Å². The van der Waals surface area contributed by atoms with Crippen LogP contribution in [0.25, 0.3) is 11.3 Å². The fourth-order valence-corrected chi connectivity index (χ4v) is 4.14. The highest BCUT2D eigenvalue weighted by Gasteiger charge is 2.36. The van der Waals surface area contributed by atoms with E-state index in [1.165, 1.54) is 9.75 Å². The first-order valence-electron chi connectivity index (χ1n) is 7.73. The average molecular weight is 349 g/mol. The van der Waals surface area contributed by atoms with E-state index in [-0.39, 0.29) is 11.8 Å². The van der Waals surface area contributed by atoms with Crippen LogP contribution in [0.4, 0.5) is 0 Å². The van der Waals surface area contributed by atoms with Crippen LogP contribution in [-0.2, 0) is 0 Å². The predicted molar refractivity (Wildman–Crippen MR) is 94.9 cm³/mol. The van der Waals surface area contributed by atoms with Gasteiger partial charge in [0.2, 0.25) is 11.8 Å². The number of nitriles is 1. The summed E-state index contributed by atoms with van der Waals surface area (Å²) in [6.07, 6.45) is 3.44. The van der Waals surface area contributed by atoms with Crippen LogP contribution in [0.5, 0.6) is 5.88 Å². The lowest BCUT2D eigenvalue weighted by molar-refractivity contribution is 0.379. The molecule has 0 aliphatic carbocycles. The summed E-state index contributed by atoms with van der Waals surface area (Å²) < 4.78 is 5.61. The lowest BCUT2D eigenvalue weighted by atomic mass is 9.84. The molecular weight excluding hydrogens is 334 g/mol. The van der Waals surface area contributed by atoms with Crippen molar-refractivity contribution in [2.75, 3.05) is 0 Å². The molecule has 3 N–H and O–H groups in total. The van der Waals surface area contributed by atoms with Gasteiger partial charge in [0.1, 0.15) is 11.6 Å². The van der Waals surface area contributed by atoms with Gasteiger partial charge in [0.05, 0.1) is 17.2 Å². The minimum absolute atomic E-state index is 0.0834. The SMILES string of the molecule is Cc1cc(-c2[nH]nc3c2[C@H](c2cccnc2)C(C#N)=C(N)O3)c(C)s1. The number of nitrogens with zero attached hydrogens (tertiary/aromatic N) is 3. The molecule has 7 heteroatoms. The highest BCUT2D eigenvalue weighted by Crippen LogP contribution is 2.46. The van der Waals surface area contributed by atoms with Crippen molar-refractivity contribution in [3.63, 3.8) is 0 Å². The number of thiophene rings is 1. The molecule has 0 aromatic carbocycles. The normalized spacial score (nSPS) is 16.3. The molecular formula is C18H15N5OS. The van der Waals surface area contributed by atoms with E-state index in [2.05, 4.69) is 41.2 Å². The Bertz CT molecular complexity index is 1030. The van der Waals surface area contributed by atoms with Crippen molar-refractivity contribution >= 4 is 11.3 Å². The van der Waals surface area contributed by atoms with Crippen molar-refractivity contribution in [3.05, 3.63) is 62.9 Å². The number of nitrogens with one attached hydrogen (secondary N) is 1. The summed E-state index contributed by atoms with van der Waals surface area (Å²) in [6, 6.07) is 8.08. The monoisotopic (exact) mass is 349 g/mol. The van der Waals surface area contributed by atoms with E-state index in [0.717, 1.165) is 22.4 Å². The van der Waals surface area contributed by atoms with Gasteiger partial charge in [-0.3, -0.25) is 10.1 Å². The van der Waals surface area contributed by atoms with Crippen LogP contribution in [-0.4, -0.2) is 15.2 Å². The zero-order valence-corrected chi connectivity index (χ0v) is 14.5. The zero-order valence-electron chi connectivity index (χ0n) is 13.7. The molecule has 3 aromatic rings. The standard InChI is InChI=1S/C18H15N5OS/c1-9-6-12(10(2)25-9)16-15-14(11-4-3-5-21-8-11)13(7-19)17(20)24-18(15)23-22-16/h3-6,8,14H,20H2,1-2H3,(H,22,23)/t14-/m1/s1. The van der Waals surface area contributed by atoms with Crippen LogP contribution in [0.1, 0.15) is 26.8 Å².